The van der Waals surface area contributed by atoms with Crippen LogP contribution in [0.2, 0.25) is 0 Å². The zero-order valence-electron chi connectivity index (χ0n) is 17.8. The molecule has 0 unspecified atom stereocenters. The molecule has 0 aliphatic rings. The van der Waals surface area contributed by atoms with Gasteiger partial charge in [0.15, 0.2) is 17.3 Å². The van der Waals surface area contributed by atoms with Crippen LogP contribution in [0.4, 0.5) is 11.8 Å². The maximum absolute atomic E-state index is 5.44. The summed E-state index contributed by atoms with van der Waals surface area (Å²) in [5, 5.41) is 4.14. The highest BCUT2D eigenvalue weighted by Gasteiger charge is 2.15. The molecule has 2 aromatic heterocycles. The van der Waals surface area contributed by atoms with E-state index in [-0.39, 0.29) is 0 Å². The number of nitrogens with one attached hydrogen (secondary N) is 1. The van der Waals surface area contributed by atoms with Gasteiger partial charge in [-0.05, 0) is 18.6 Å². The lowest BCUT2D eigenvalue weighted by atomic mass is 10.1. The number of methoxy groups -OCH3 is 3. The minimum atomic E-state index is 0.451. The van der Waals surface area contributed by atoms with Crippen molar-refractivity contribution < 1.29 is 14.2 Å². The third-order valence-corrected chi connectivity index (χ3v) is 4.78. The molecule has 31 heavy (non-hydrogen) atoms. The van der Waals surface area contributed by atoms with E-state index in [1.807, 2.05) is 54.1 Å². The van der Waals surface area contributed by atoms with Crippen molar-refractivity contribution >= 4 is 28.2 Å². The van der Waals surface area contributed by atoms with Crippen LogP contribution in [0.1, 0.15) is 12.6 Å². The number of hydrogen-bond acceptors (Lipinski definition) is 7. The summed E-state index contributed by atoms with van der Waals surface area (Å²) < 4.78 is 18.1. The molecule has 0 amide bonds. The average molecular weight is 417 g/mol. The van der Waals surface area contributed by atoms with E-state index in [9.17, 15) is 0 Å². The molecule has 0 aliphatic carbocycles. The Kier molecular flexibility index (Phi) is 5.44. The number of rotatable bonds is 7. The van der Waals surface area contributed by atoms with Gasteiger partial charge in [0.2, 0.25) is 11.7 Å². The first-order valence-corrected chi connectivity index (χ1v) is 9.58. The summed E-state index contributed by atoms with van der Waals surface area (Å²) in [4.78, 5) is 13.7. The quantitative estimate of drug-likeness (QED) is 0.470. The van der Waals surface area contributed by atoms with Gasteiger partial charge in [0.25, 0.3) is 0 Å². The molecule has 2 heterocycles. The molecule has 0 radical (unpaired) electrons. The number of ether oxygens (including phenoxy) is 3. The first kappa shape index (κ1) is 20.2. The van der Waals surface area contributed by atoms with Gasteiger partial charge in [-0.2, -0.15) is 0 Å². The van der Waals surface area contributed by atoms with Gasteiger partial charge >= 0.3 is 0 Å². The van der Waals surface area contributed by atoms with Gasteiger partial charge in [-0.3, -0.25) is 0 Å². The van der Waals surface area contributed by atoms with Crippen molar-refractivity contribution in [2.75, 3.05) is 26.6 Å². The highest BCUT2D eigenvalue weighted by atomic mass is 16.5. The topological polar surface area (TPSA) is 83.3 Å². The lowest BCUT2D eigenvalue weighted by Gasteiger charge is -2.14. The van der Waals surface area contributed by atoms with Crippen LogP contribution in [0.15, 0.2) is 55.5 Å². The van der Waals surface area contributed by atoms with Crippen molar-refractivity contribution in [3.05, 3.63) is 61.2 Å². The van der Waals surface area contributed by atoms with Crippen LogP contribution < -0.4 is 19.5 Å². The van der Waals surface area contributed by atoms with E-state index in [1.54, 1.807) is 27.7 Å². The van der Waals surface area contributed by atoms with Gasteiger partial charge in [-0.25, -0.2) is 15.0 Å². The summed E-state index contributed by atoms with van der Waals surface area (Å²) in [6.45, 7) is 5.97. The molecule has 4 aromatic rings. The Morgan fingerprint density at radius 1 is 1.00 bits per heavy atom. The number of fused-ring (bicyclic) bond motifs is 1. The Hall–Kier alpha value is -4.07. The van der Waals surface area contributed by atoms with Crippen LogP contribution in [-0.4, -0.2) is 40.8 Å². The lowest BCUT2D eigenvalue weighted by Crippen LogP contribution is -2.01. The maximum atomic E-state index is 5.44. The summed E-state index contributed by atoms with van der Waals surface area (Å²) in [6, 6.07) is 11.5. The fourth-order valence-corrected chi connectivity index (χ4v) is 3.32. The summed E-state index contributed by atoms with van der Waals surface area (Å²) in [5.74, 6) is 2.70. The van der Waals surface area contributed by atoms with E-state index in [4.69, 9.17) is 14.2 Å². The van der Waals surface area contributed by atoms with Crippen LogP contribution in [0.3, 0.4) is 0 Å². The van der Waals surface area contributed by atoms with Gasteiger partial charge in [-0.15, -0.1) is 0 Å². The van der Waals surface area contributed by atoms with E-state index in [2.05, 4.69) is 26.8 Å². The standard InChI is InChI=1S/C23H23N5O3/c1-14(2)21-16-8-6-7-9-17(16)25-23(27-21)26-20-12-28(13-24-20)15-10-18(29-3)22(31-5)19(11-15)30-4/h6-13H,1H2,2-5H3,(H,25,26,27). The molecule has 0 spiro atoms. The molecule has 158 valence electrons. The van der Waals surface area contributed by atoms with Crippen LogP contribution >= 0.6 is 0 Å². The number of para-hydroxylation sites is 1. The fraction of sp³-hybridized carbons (Fsp3) is 0.174. The minimum Gasteiger partial charge on any atom is -0.493 e. The Bertz CT molecular complexity index is 1240. The number of hydrogen-bond donors (Lipinski definition) is 1. The summed E-state index contributed by atoms with van der Waals surface area (Å²) in [7, 11) is 4.73. The fourth-order valence-electron chi connectivity index (χ4n) is 3.32. The number of nitrogens with zero attached hydrogens (tertiary/aromatic N) is 4. The molecule has 1 N–H and O–H groups in total. The molecule has 0 saturated carbocycles. The molecule has 0 bridgehead atoms. The van der Waals surface area contributed by atoms with Crippen LogP contribution in [0.25, 0.3) is 22.2 Å². The molecule has 0 fully saturated rings. The molecule has 0 aliphatic heterocycles. The number of imidazole rings is 1. The molecule has 0 atom stereocenters. The van der Waals surface area contributed by atoms with Gasteiger partial charge in [0.05, 0.1) is 44.4 Å². The van der Waals surface area contributed by atoms with Gasteiger partial charge in [-0.1, -0.05) is 24.8 Å². The first-order valence-electron chi connectivity index (χ1n) is 9.58. The SMILES string of the molecule is C=C(C)c1nc(Nc2cn(-c3cc(OC)c(OC)c(OC)c3)cn2)nc2ccccc12. The molecule has 4 rings (SSSR count). The third-order valence-electron chi connectivity index (χ3n) is 4.78. The maximum Gasteiger partial charge on any atom is 0.229 e. The summed E-state index contributed by atoms with van der Waals surface area (Å²) >= 11 is 0. The number of allylic oxidation sites excluding steroid dienone is 1. The summed E-state index contributed by atoms with van der Waals surface area (Å²) in [6.07, 6.45) is 3.52. The predicted molar refractivity (Wildman–Crippen MR) is 121 cm³/mol. The van der Waals surface area contributed by atoms with Crippen molar-refractivity contribution in [2.45, 2.75) is 6.92 Å². The number of anilines is 2. The molecule has 8 heteroatoms. The van der Waals surface area contributed by atoms with E-state index in [0.717, 1.165) is 27.9 Å². The second-order valence-corrected chi connectivity index (χ2v) is 6.87. The van der Waals surface area contributed by atoms with Crippen molar-refractivity contribution in [3.63, 3.8) is 0 Å². The first-order chi connectivity index (χ1) is 15.0. The lowest BCUT2D eigenvalue weighted by molar-refractivity contribution is 0.324. The van der Waals surface area contributed by atoms with Gasteiger partial charge in [0.1, 0.15) is 6.33 Å². The highest BCUT2D eigenvalue weighted by Crippen LogP contribution is 2.39. The monoisotopic (exact) mass is 417 g/mol. The predicted octanol–water partition coefficient (Wildman–Crippen LogP) is 4.62. The molecular weight excluding hydrogens is 394 g/mol. The molecule has 8 nitrogen and oxygen atoms in total. The second-order valence-electron chi connectivity index (χ2n) is 6.87. The average Bonchev–Trinajstić information content (AvgIpc) is 3.25. The van der Waals surface area contributed by atoms with E-state index in [1.165, 1.54) is 0 Å². The van der Waals surface area contributed by atoms with Crippen molar-refractivity contribution in [1.82, 2.24) is 19.5 Å². The zero-order chi connectivity index (χ0) is 22.0. The second kappa shape index (κ2) is 8.35. The van der Waals surface area contributed by atoms with E-state index < -0.39 is 0 Å². The van der Waals surface area contributed by atoms with Crippen molar-refractivity contribution in [1.29, 1.82) is 0 Å². The third kappa shape index (κ3) is 3.87. The van der Waals surface area contributed by atoms with E-state index >= 15 is 0 Å². The Labute approximate surface area is 180 Å². The highest BCUT2D eigenvalue weighted by molar-refractivity contribution is 5.89. The Balaban J connectivity index is 1.68. The number of benzene rings is 2. The molecule has 2 aromatic carbocycles. The zero-order valence-corrected chi connectivity index (χ0v) is 17.8. The Morgan fingerprint density at radius 3 is 2.35 bits per heavy atom. The Morgan fingerprint density at radius 2 is 1.71 bits per heavy atom. The van der Waals surface area contributed by atoms with Gasteiger partial charge in [0, 0.05) is 17.5 Å². The normalized spacial score (nSPS) is 10.7. The van der Waals surface area contributed by atoms with Crippen molar-refractivity contribution in [2.24, 2.45) is 0 Å². The van der Waals surface area contributed by atoms with E-state index in [0.29, 0.717) is 29.0 Å². The van der Waals surface area contributed by atoms with Crippen molar-refractivity contribution in [3.8, 4) is 22.9 Å². The number of aromatic nitrogens is 4. The van der Waals surface area contributed by atoms with Gasteiger partial charge < -0.3 is 24.1 Å². The van der Waals surface area contributed by atoms with Crippen LogP contribution in [0, 0.1) is 0 Å². The summed E-state index contributed by atoms with van der Waals surface area (Å²) in [5.41, 5.74) is 3.31. The molecule has 0 saturated heterocycles. The van der Waals surface area contributed by atoms with Crippen LogP contribution in [-0.2, 0) is 0 Å². The largest absolute Gasteiger partial charge is 0.493 e. The van der Waals surface area contributed by atoms with Crippen LogP contribution in [0.5, 0.6) is 17.2 Å². The molecular formula is C23H23N5O3. The minimum absolute atomic E-state index is 0.451. The smallest absolute Gasteiger partial charge is 0.229 e.